The molecule has 2 aromatic rings. The van der Waals surface area contributed by atoms with Gasteiger partial charge < -0.3 is 14.6 Å². The predicted molar refractivity (Wildman–Crippen MR) is 124 cm³/mol. The number of sulfonamides is 1. The van der Waals surface area contributed by atoms with E-state index in [4.69, 9.17) is 9.47 Å². The Labute approximate surface area is 197 Å². The number of rotatable bonds is 10. The van der Waals surface area contributed by atoms with Gasteiger partial charge >= 0.3 is 5.97 Å². The number of carbonyl (C=O) groups is 1. The van der Waals surface area contributed by atoms with Crippen LogP contribution in [0.1, 0.15) is 32.8 Å². The molecule has 34 heavy (non-hydrogen) atoms. The van der Waals surface area contributed by atoms with E-state index in [9.17, 15) is 28.4 Å². The van der Waals surface area contributed by atoms with Gasteiger partial charge in [0.15, 0.2) is 0 Å². The number of carboxylic acids is 1. The van der Waals surface area contributed by atoms with Gasteiger partial charge in [-0.2, -0.15) is 4.72 Å². The highest BCUT2D eigenvalue weighted by atomic mass is 32.2. The van der Waals surface area contributed by atoms with Crippen LogP contribution in [0.2, 0.25) is 0 Å². The second kappa shape index (κ2) is 11.1. The highest BCUT2D eigenvalue weighted by Gasteiger charge is 2.32. The molecule has 0 aromatic heterocycles. The summed E-state index contributed by atoms with van der Waals surface area (Å²) < 4.78 is 40.1. The van der Waals surface area contributed by atoms with Crippen LogP contribution in [0.3, 0.4) is 0 Å². The monoisotopic (exact) mass is 493 g/mol. The van der Waals surface area contributed by atoms with Crippen molar-refractivity contribution in [3.63, 3.8) is 0 Å². The van der Waals surface area contributed by atoms with Crippen molar-refractivity contribution in [2.24, 2.45) is 4.99 Å². The van der Waals surface area contributed by atoms with Gasteiger partial charge in [0.1, 0.15) is 28.9 Å². The molecule has 0 radical (unpaired) electrons. The molecule has 0 aliphatic rings. The molecule has 0 saturated carbocycles. The molecule has 1 unspecified atom stereocenters. The lowest BCUT2D eigenvalue weighted by molar-refractivity contribution is -0.385. The van der Waals surface area contributed by atoms with Crippen LogP contribution in [0.5, 0.6) is 5.75 Å². The molecule has 0 fully saturated rings. The lowest BCUT2D eigenvalue weighted by atomic mass is 10.1. The molecule has 2 N–H and O–H groups in total. The van der Waals surface area contributed by atoms with Crippen LogP contribution in [0.4, 0.5) is 5.69 Å². The van der Waals surface area contributed by atoms with Gasteiger partial charge in [0.25, 0.3) is 5.69 Å². The number of aliphatic imine (C=N–C) groups is 1. The number of hydrogen-bond acceptors (Lipinski definition) is 8. The van der Waals surface area contributed by atoms with Gasteiger partial charge in [-0.25, -0.2) is 8.42 Å². The number of nitro benzene ring substituents is 1. The second-order valence-electron chi connectivity index (χ2n) is 8.21. The third-order valence-electron chi connectivity index (χ3n) is 4.27. The number of non-ortho nitro benzene ring substituents is 1. The zero-order chi connectivity index (χ0) is 25.5. The van der Waals surface area contributed by atoms with Crippen molar-refractivity contribution in [3.8, 4) is 5.75 Å². The van der Waals surface area contributed by atoms with Gasteiger partial charge in [-0.15, -0.1) is 0 Å². The average Bonchev–Trinajstić information content (AvgIpc) is 2.75. The van der Waals surface area contributed by atoms with Crippen molar-refractivity contribution < 1.29 is 32.7 Å². The van der Waals surface area contributed by atoms with Gasteiger partial charge in [-0.3, -0.25) is 19.9 Å². The zero-order valence-corrected chi connectivity index (χ0v) is 20.0. The first-order chi connectivity index (χ1) is 15.8. The molecule has 184 valence electrons. The molecule has 2 rings (SSSR count). The number of nitrogens with zero attached hydrogens (tertiary/aromatic N) is 2. The molecular weight excluding hydrogens is 466 g/mol. The number of benzene rings is 2. The van der Waals surface area contributed by atoms with Crippen LogP contribution < -0.4 is 9.46 Å². The molecule has 0 bridgehead atoms. The quantitative estimate of drug-likeness (QED) is 0.221. The number of carboxylic acid groups (broad SMARTS) is 1. The Morgan fingerprint density at radius 3 is 2.38 bits per heavy atom. The van der Waals surface area contributed by atoms with Crippen LogP contribution in [-0.4, -0.2) is 49.0 Å². The Kier molecular flexibility index (Phi) is 8.71. The largest absolute Gasteiger partial charge is 0.487 e. The van der Waals surface area contributed by atoms with Crippen LogP contribution in [0.25, 0.3) is 0 Å². The van der Waals surface area contributed by atoms with Crippen molar-refractivity contribution in [1.29, 1.82) is 0 Å². The molecule has 0 aliphatic heterocycles. The van der Waals surface area contributed by atoms with Crippen LogP contribution >= 0.6 is 0 Å². The molecule has 0 aliphatic carbocycles. The standard InChI is InChI=1S/C22H27N3O8S/c1-22(2,3)33-21(23-4)17(13-20(26)27)24-34(30,31)19-11-10-16(25(28)29)12-18(19)32-14-15-8-6-5-7-9-15/h5-12,17,24H,13-14H2,1-4H3,(H,26,27). The lowest BCUT2D eigenvalue weighted by Gasteiger charge is -2.27. The summed E-state index contributed by atoms with van der Waals surface area (Å²) in [6.07, 6.45) is -0.644. The van der Waals surface area contributed by atoms with E-state index in [1.54, 1.807) is 51.1 Å². The topological polar surface area (TPSA) is 157 Å². The van der Waals surface area contributed by atoms with E-state index in [-0.39, 0.29) is 23.9 Å². The highest BCUT2D eigenvalue weighted by Crippen LogP contribution is 2.30. The van der Waals surface area contributed by atoms with Gasteiger partial charge in [0.05, 0.1) is 17.4 Å². The molecule has 0 heterocycles. The van der Waals surface area contributed by atoms with Crippen molar-refractivity contribution in [2.75, 3.05) is 7.05 Å². The fourth-order valence-corrected chi connectivity index (χ4v) is 4.19. The smallest absolute Gasteiger partial charge is 0.305 e. The molecule has 11 nitrogen and oxygen atoms in total. The summed E-state index contributed by atoms with van der Waals surface area (Å²) in [6, 6.07) is 10.6. The van der Waals surface area contributed by atoms with E-state index < -0.39 is 43.9 Å². The lowest BCUT2D eigenvalue weighted by Crippen LogP contribution is -2.45. The van der Waals surface area contributed by atoms with Crippen LogP contribution in [0.15, 0.2) is 58.4 Å². The van der Waals surface area contributed by atoms with Gasteiger partial charge in [-0.05, 0) is 32.4 Å². The normalized spacial score (nSPS) is 13.2. The Morgan fingerprint density at radius 2 is 1.85 bits per heavy atom. The summed E-state index contributed by atoms with van der Waals surface area (Å²) in [6.45, 7) is 5.07. The minimum absolute atomic E-state index is 0.0438. The van der Waals surface area contributed by atoms with Crippen molar-refractivity contribution >= 4 is 27.6 Å². The fourth-order valence-electron chi connectivity index (χ4n) is 2.87. The van der Waals surface area contributed by atoms with E-state index in [0.717, 1.165) is 18.2 Å². The van der Waals surface area contributed by atoms with E-state index in [2.05, 4.69) is 9.71 Å². The summed E-state index contributed by atoms with van der Waals surface area (Å²) >= 11 is 0. The molecule has 0 saturated heterocycles. The van der Waals surface area contributed by atoms with Gasteiger partial charge in [0.2, 0.25) is 15.9 Å². The Morgan fingerprint density at radius 1 is 1.21 bits per heavy atom. The zero-order valence-electron chi connectivity index (χ0n) is 19.2. The molecule has 2 aromatic carbocycles. The molecule has 0 spiro atoms. The first kappa shape index (κ1) is 26.7. The summed E-state index contributed by atoms with van der Waals surface area (Å²) in [4.78, 5) is 25.5. The summed E-state index contributed by atoms with van der Waals surface area (Å²) in [5.41, 5.74) is -0.419. The number of nitro groups is 1. The van der Waals surface area contributed by atoms with E-state index >= 15 is 0 Å². The first-order valence-electron chi connectivity index (χ1n) is 10.2. The maximum atomic E-state index is 13.3. The van der Waals surface area contributed by atoms with Crippen LogP contribution in [-0.2, 0) is 26.2 Å². The number of aliphatic carboxylic acids is 1. The summed E-state index contributed by atoms with van der Waals surface area (Å²) in [5.74, 6) is -1.66. The second-order valence-corrected chi connectivity index (χ2v) is 9.89. The number of ether oxygens (including phenoxy) is 2. The van der Waals surface area contributed by atoms with Crippen molar-refractivity contribution in [3.05, 3.63) is 64.2 Å². The Hall–Kier alpha value is -3.51. The maximum Gasteiger partial charge on any atom is 0.305 e. The van der Waals surface area contributed by atoms with E-state index in [1.807, 2.05) is 0 Å². The molecule has 1 atom stereocenters. The van der Waals surface area contributed by atoms with Crippen molar-refractivity contribution in [1.82, 2.24) is 4.72 Å². The summed E-state index contributed by atoms with van der Waals surface area (Å²) in [5, 5.41) is 20.5. The van der Waals surface area contributed by atoms with E-state index in [0.29, 0.717) is 5.56 Å². The Bertz CT molecular complexity index is 1160. The highest BCUT2D eigenvalue weighted by molar-refractivity contribution is 7.89. The third kappa shape index (κ3) is 7.81. The SMILES string of the molecule is CN=C(OC(C)(C)C)C(CC(=O)O)NS(=O)(=O)c1ccc([N+](=O)[O-])cc1OCc1ccccc1. The van der Waals surface area contributed by atoms with Gasteiger partial charge in [-0.1, -0.05) is 30.3 Å². The minimum Gasteiger partial charge on any atom is -0.487 e. The van der Waals surface area contributed by atoms with E-state index in [1.165, 1.54) is 7.05 Å². The third-order valence-corrected chi connectivity index (χ3v) is 5.78. The molecule has 0 amide bonds. The van der Waals surface area contributed by atoms with Crippen molar-refractivity contribution in [2.45, 2.75) is 50.3 Å². The number of nitrogens with one attached hydrogen (secondary N) is 1. The predicted octanol–water partition coefficient (Wildman–Crippen LogP) is 3.14. The van der Waals surface area contributed by atoms with Crippen LogP contribution in [0, 0.1) is 10.1 Å². The summed E-state index contributed by atoms with van der Waals surface area (Å²) in [7, 11) is -3.06. The maximum absolute atomic E-state index is 13.3. The minimum atomic E-state index is -4.42. The number of hydrogen-bond donors (Lipinski definition) is 2. The Balaban J connectivity index is 2.44. The average molecular weight is 494 g/mol. The first-order valence-corrected chi connectivity index (χ1v) is 11.7. The molecule has 12 heteroatoms. The van der Waals surface area contributed by atoms with Gasteiger partial charge in [0, 0.05) is 13.1 Å². The fraction of sp³-hybridized carbons (Fsp3) is 0.364. The molecular formula is C22H27N3O8S.